The number of hydrogen-bond donors (Lipinski definition) is 1. The van der Waals surface area contributed by atoms with E-state index in [4.69, 9.17) is 25.8 Å². The number of likely N-dealkylation sites (N-methyl/N-ethyl adjacent to an activating group) is 1. The number of benzene rings is 1. The van der Waals surface area contributed by atoms with Gasteiger partial charge >= 0.3 is 0 Å². The molecule has 1 aliphatic heterocycles. The zero-order valence-corrected chi connectivity index (χ0v) is 10.7. The lowest BCUT2D eigenvalue weighted by molar-refractivity contribution is -0.194. The highest BCUT2D eigenvalue weighted by Crippen LogP contribution is 2.32. The molecule has 0 saturated carbocycles. The van der Waals surface area contributed by atoms with Crippen LogP contribution in [0.3, 0.4) is 0 Å². The number of ether oxygens (including phenoxy) is 3. The third kappa shape index (κ3) is 2.90. The van der Waals surface area contributed by atoms with E-state index in [1.54, 1.807) is 13.2 Å². The lowest BCUT2D eigenvalue weighted by Gasteiger charge is -2.30. The summed E-state index contributed by atoms with van der Waals surface area (Å²) >= 11 is 5.97. The molecule has 5 heteroatoms. The van der Waals surface area contributed by atoms with Crippen molar-refractivity contribution in [3.05, 3.63) is 28.8 Å². The summed E-state index contributed by atoms with van der Waals surface area (Å²) < 4.78 is 16.6. The third-order valence-corrected chi connectivity index (χ3v) is 2.99. The van der Waals surface area contributed by atoms with E-state index in [1.165, 1.54) is 0 Å². The lowest BCUT2D eigenvalue weighted by Crippen LogP contribution is -2.40. The van der Waals surface area contributed by atoms with Crippen molar-refractivity contribution in [2.24, 2.45) is 0 Å². The standard InChI is InChI=1S/C12H16ClNO3/c1-14-9-6-16-12(17-7-9)10-5-8(13)3-4-11(10)15-2/h3-5,9,12,14H,6-7H2,1-2H3. The van der Waals surface area contributed by atoms with Crippen LogP contribution in [0.2, 0.25) is 5.02 Å². The van der Waals surface area contributed by atoms with Crippen LogP contribution in [0.1, 0.15) is 11.9 Å². The number of rotatable bonds is 3. The van der Waals surface area contributed by atoms with E-state index in [0.29, 0.717) is 18.2 Å². The first-order valence-corrected chi connectivity index (χ1v) is 5.86. The van der Waals surface area contributed by atoms with Crippen LogP contribution in [0.15, 0.2) is 18.2 Å². The van der Waals surface area contributed by atoms with Crippen LogP contribution < -0.4 is 10.1 Å². The molecule has 1 aromatic carbocycles. The Bertz CT molecular complexity index is 378. The van der Waals surface area contributed by atoms with E-state index in [1.807, 2.05) is 19.2 Å². The monoisotopic (exact) mass is 257 g/mol. The third-order valence-electron chi connectivity index (χ3n) is 2.75. The van der Waals surface area contributed by atoms with Gasteiger partial charge in [0.15, 0.2) is 6.29 Å². The highest BCUT2D eigenvalue weighted by atomic mass is 35.5. The summed E-state index contributed by atoms with van der Waals surface area (Å²) in [6, 6.07) is 5.64. The minimum Gasteiger partial charge on any atom is -0.496 e. The average Bonchev–Trinajstić information content (AvgIpc) is 2.39. The molecule has 1 aromatic rings. The predicted molar refractivity (Wildman–Crippen MR) is 65.5 cm³/mol. The Morgan fingerprint density at radius 1 is 1.35 bits per heavy atom. The Morgan fingerprint density at radius 2 is 2.06 bits per heavy atom. The van der Waals surface area contributed by atoms with Gasteiger partial charge in [0.2, 0.25) is 0 Å². The van der Waals surface area contributed by atoms with Gasteiger partial charge in [-0.15, -0.1) is 0 Å². The molecular formula is C12H16ClNO3. The van der Waals surface area contributed by atoms with Crippen molar-refractivity contribution in [3.8, 4) is 5.75 Å². The Labute approximate surface area is 106 Å². The molecule has 1 fully saturated rings. The Kier molecular flexibility index (Phi) is 4.23. The van der Waals surface area contributed by atoms with E-state index in [2.05, 4.69) is 5.32 Å². The van der Waals surface area contributed by atoms with Crippen molar-refractivity contribution >= 4 is 11.6 Å². The predicted octanol–water partition coefficient (Wildman–Crippen LogP) is 1.98. The summed E-state index contributed by atoms with van der Waals surface area (Å²) in [4.78, 5) is 0. The molecule has 0 aliphatic carbocycles. The maximum atomic E-state index is 5.97. The molecule has 0 amide bonds. The van der Waals surface area contributed by atoms with Crippen LogP contribution in [0, 0.1) is 0 Å². The quantitative estimate of drug-likeness (QED) is 0.899. The van der Waals surface area contributed by atoms with E-state index < -0.39 is 6.29 Å². The lowest BCUT2D eigenvalue weighted by atomic mass is 10.1. The molecule has 94 valence electrons. The Balaban J connectivity index is 2.14. The molecule has 1 heterocycles. The zero-order valence-electron chi connectivity index (χ0n) is 9.90. The average molecular weight is 258 g/mol. The highest BCUT2D eigenvalue weighted by Gasteiger charge is 2.25. The number of nitrogens with one attached hydrogen (secondary N) is 1. The molecule has 0 atom stereocenters. The van der Waals surface area contributed by atoms with Gasteiger partial charge in [0.25, 0.3) is 0 Å². The van der Waals surface area contributed by atoms with Gasteiger partial charge in [-0.25, -0.2) is 0 Å². The van der Waals surface area contributed by atoms with Gasteiger partial charge in [-0.3, -0.25) is 0 Å². The van der Waals surface area contributed by atoms with Crippen LogP contribution >= 0.6 is 11.6 Å². The minimum absolute atomic E-state index is 0.233. The summed E-state index contributed by atoms with van der Waals surface area (Å²) in [5, 5.41) is 3.75. The molecular weight excluding hydrogens is 242 g/mol. The first-order valence-electron chi connectivity index (χ1n) is 5.48. The summed E-state index contributed by atoms with van der Waals surface area (Å²) in [6.07, 6.45) is -0.409. The van der Waals surface area contributed by atoms with Crippen LogP contribution in [0.5, 0.6) is 5.75 Å². The topological polar surface area (TPSA) is 39.7 Å². The van der Waals surface area contributed by atoms with Gasteiger partial charge in [-0.05, 0) is 25.2 Å². The van der Waals surface area contributed by atoms with Crippen molar-refractivity contribution < 1.29 is 14.2 Å². The molecule has 17 heavy (non-hydrogen) atoms. The van der Waals surface area contributed by atoms with Gasteiger partial charge in [-0.1, -0.05) is 11.6 Å². The second-order valence-corrected chi connectivity index (χ2v) is 4.31. The number of halogens is 1. The first kappa shape index (κ1) is 12.6. The summed E-state index contributed by atoms with van der Waals surface area (Å²) in [7, 11) is 3.50. The van der Waals surface area contributed by atoms with E-state index in [-0.39, 0.29) is 6.04 Å². The summed E-state index contributed by atoms with van der Waals surface area (Å²) in [5.41, 5.74) is 0.828. The molecule has 1 aliphatic rings. The molecule has 0 radical (unpaired) electrons. The highest BCUT2D eigenvalue weighted by molar-refractivity contribution is 6.30. The Hall–Kier alpha value is -0.810. The van der Waals surface area contributed by atoms with Gasteiger partial charge in [0.05, 0.1) is 31.9 Å². The molecule has 1 saturated heterocycles. The summed E-state index contributed by atoms with van der Waals surface area (Å²) in [5.74, 6) is 0.724. The fraction of sp³-hybridized carbons (Fsp3) is 0.500. The second-order valence-electron chi connectivity index (χ2n) is 3.87. The fourth-order valence-electron chi connectivity index (χ4n) is 1.74. The van der Waals surface area contributed by atoms with Crippen LogP contribution in [-0.4, -0.2) is 33.4 Å². The van der Waals surface area contributed by atoms with Crippen molar-refractivity contribution in [1.29, 1.82) is 0 Å². The number of methoxy groups -OCH3 is 1. The van der Waals surface area contributed by atoms with E-state index in [9.17, 15) is 0 Å². The molecule has 0 aromatic heterocycles. The van der Waals surface area contributed by atoms with Crippen molar-refractivity contribution in [1.82, 2.24) is 5.32 Å². The van der Waals surface area contributed by atoms with Crippen molar-refractivity contribution in [3.63, 3.8) is 0 Å². The SMILES string of the molecule is CNC1COC(c2cc(Cl)ccc2OC)OC1. The van der Waals surface area contributed by atoms with Gasteiger partial charge in [0, 0.05) is 5.02 Å². The Morgan fingerprint density at radius 3 is 2.65 bits per heavy atom. The largest absolute Gasteiger partial charge is 0.496 e. The van der Waals surface area contributed by atoms with Gasteiger partial charge in [-0.2, -0.15) is 0 Å². The summed E-state index contributed by atoms with van der Waals surface area (Å²) in [6.45, 7) is 1.22. The molecule has 0 bridgehead atoms. The fourth-order valence-corrected chi connectivity index (χ4v) is 1.92. The zero-order chi connectivity index (χ0) is 12.3. The minimum atomic E-state index is -0.409. The normalized spacial score (nSPS) is 24.6. The van der Waals surface area contributed by atoms with Crippen molar-refractivity contribution in [2.75, 3.05) is 27.4 Å². The maximum Gasteiger partial charge on any atom is 0.187 e. The van der Waals surface area contributed by atoms with Gasteiger partial charge in [0.1, 0.15) is 5.75 Å². The molecule has 0 spiro atoms. The van der Waals surface area contributed by atoms with E-state index in [0.717, 1.165) is 11.3 Å². The molecule has 0 unspecified atom stereocenters. The number of hydrogen-bond acceptors (Lipinski definition) is 4. The molecule has 2 rings (SSSR count). The van der Waals surface area contributed by atoms with Crippen LogP contribution in [-0.2, 0) is 9.47 Å². The van der Waals surface area contributed by atoms with Crippen molar-refractivity contribution in [2.45, 2.75) is 12.3 Å². The second kappa shape index (κ2) is 5.69. The first-order chi connectivity index (χ1) is 8.24. The smallest absolute Gasteiger partial charge is 0.187 e. The van der Waals surface area contributed by atoms with Crippen LogP contribution in [0.4, 0.5) is 0 Å². The van der Waals surface area contributed by atoms with Gasteiger partial charge < -0.3 is 19.5 Å². The van der Waals surface area contributed by atoms with E-state index >= 15 is 0 Å². The molecule has 1 N–H and O–H groups in total. The van der Waals surface area contributed by atoms with Crippen LogP contribution in [0.25, 0.3) is 0 Å². The maximum absolute atomic E-state index is 5.97. The molecule has 4 nitrogen and oxygen atoms in total.